The second-order valence-corrected chi connectivity index (χ2v) is 11.0. The van der Waals surface area contributed by atoms with Crippen LogP contribution in [0.15, 0.2) is 164 Å². The maximum atomic E-state index is 4.90. The van der Waals surface area contributed by atoms with Gasteiger partial charge in [-0.25, -0.2) is 15.0 Å². The highest BCUT2D eigenvalue weighted by Gasteiger charge is 2.13. The van der Waals surface area contributed by atoms with Gasteiger partial charge in [0.05, 0.1) is 0 Å². The molecule has 8 rings (SSSR count). The van der Waals surface area contributed by atoms with E-state index in [0.29, 0.717) is 17.5 Å². The first-order valence-corrected chi connectivity index (χ1v) is 14.8. The van der Waals surface area contributed by atoms with E-state index in [2.05, 4.69) is 103 Å². The summed E-state index contributed by atoms with van der Waals surface area (Å²) in [4.78, 5) is 14.6. The van der Waals surface area contributed by atoms with Gasteiger partial charge in [0, 0.05) is 16.7 Å². The molecule has 8 aromatic rings. The largest absolute Gasteiger partial charge is 0.208 e. The number of aromatic nitrogens is 3. The van der Waals surface area contributed by atoms with Crippen LogP contribution in [0, 0.1) is 0 Å². The normalized spacial score (nSPS) is 11.2. The lowest BCUT2D eigenvalue weighted by Crippen LogP contribution is -2.00. The number of benzene rings is 7. The van der Waals surface area contributed by atoms with Gasteiger partial charge in [0.15, 0.2) is 17.5 Å². The highest BCUT2D eigenvalue weighted by atomic mass is 15.0. The van der Waals surface area contributed by atoms with Gasteiger partial charge in [-0.05, 0) is 62.0 Å². The smallest absolute Gasteiger partial charge is 0.164 e. The molecule has 3 heteroatoms. The van der Waals surface area contributed by atoms with Crippen molar-refractivity contribution in [1.82, 2.24) is 15.0 Å². The van der Waals surface area contributed by atoms with Crippen molar-refractivity contribution < 1.29 is 0 Å². The summed E-state index contributed by atoms with van der Waals surface area (Å²) in [5.41, 5.74) is 7.71. The van der Waals surface area contributed by atoms with Crippen molar-refractivity contribution in [2.24, 2.45) is 0 Å². The molecule has 0 saturated heterocycles. The summed E-state index contributed by atoms with van der Waals surface area (Å²) < 4.78 is 0. The average Bonchev–Trinajstić information content (AvgIpc) is 3.11. The first-order valence-electron chi connectivity index (χ1n) is 14.8. The fourth-order valence-corrected chi connectivity index (χ4v) is 5.73. The lowest BCUT2D eigenvalue weighted by Gasteiger charge is -2.10. The third-order valence-corrected chi connectivity index (χ3v) is 8.10. The Balaban J connectivity index is 1.12. The number of hydrogen-bond acceptors (Lipinski definition) is 3. The summed E-state index contributed by atoms with van der Waals surface area (Å²) in [5.74, 6) is 1.99. The Morgan fingerprint density at radius 2 is 0.568 bits per heavy atom. The van der Waals surface area contributed by atoms with Crippen molar-refractivity contribution in [2.45, 2.75) is 0 Å². The Labute approximate surface area is 256 Å². The first kappa shape index (κ1) is 25.8. The van der Waals surface area contributed by atoms with Crippen LogP contribution in [0.4, 0.5) is 0 Å². The standard InChI is InChI=1S/C41H27N3/c1-3-10-31(11-4-1)39-42-40(32-12-5-2-6-13-32)44-41(43-39)38-24-23-36-26-35(21-22-37(36)27-38)30-17-15-29(16-18-30)34-20-19-28-9-7-8-14-33(28)25-34/h1-27H. The molecule has 206 valence electrons. The fourth-order valence-electron chi connectivity index (χ4n) is 5.73. The summed E-state index contributed by atoms with van der Waals surface area (Å²) >= 11 is 0. The zero-order valence-electron chi connectivity index (χ0n) is 23.9. The van der Waals surface area contributed by atoms with Crippen molar-refractivity contribution in [2.75, 3.05) is 0 Å². The molecule has 0 aliphatic carbocycles. The molecule has 0 spiro atoms. The average molecular weight is 562 g/mol. The van der Waals surface area contributed by atoms with Gasteiger partial charge in [-0.2, -0.15) is 0 Å². The van der Waals surface area contributed by atoms with Crippen LogP contribution in [0.25, 0.3) is 78.0 Å². The van der Waals surface area contributed by atoms with Gasteiger partial charge >= 0.3 is 0 Å². The molecule has 44 heavy (non-hydrogen) atoms. The monoisotopic (exact) mass is 561 g/mol. The lowest BCUT2D eigenvalue weighted by molar-refractivity contribution is 1.07. The molecule has 0 unspecified atom stereocenters. The summed E-state index contributed by atoms with van der Waals surface area (Å²) in [5, 5.41) is 4.83. The third-order valence-electron chi connectivity index (χ3n) is 8.10. The second kappa shape index (κ2) is 11.0. The fraction of sp³-hybridized carbons (Fsp3) is 0. The molecule has 0 amide bonds. The molecule has 0 aliphatic rings. The number of nitrogens with zero attached hydrogens (tertiary/aromatic N) is 3. The van der Waals surface area contributed by atoms with Crippen molar-refractivity contribution in [3.8, 4) is 56.4 Å². The second-order valence-electron chi connectivity index (χ2n) is 11.0. The van der Waals surface area contributed by atoms with Gasteiger partial charge in [0.25, 0.3) is 0 Å². The van der Waals surface area contributed by atoms with Crippen molar-refractivity contribution in [3.05, 3.63) is 164 Å². The summed E-state index contributed by atoms with van der Waals surface area (Å²) in [6.45, 7) is 0. The maximum Gasteiger partial charge on any atom is 0.164 e. The van der Waals surface area contributed by atoms with Crippen molar-refractivity contribution in [1.29, 1.82) is 0 Å². The molecule has 1 heterocycles. The Bertz CT molecular complexity index is 2200. The van der Waals surface area contributed by atoms with Crippen LogP contribution in [0.5, 0.6) is 0 Å². The molecular formula is C41H27N3. The van der Waals surface area contributed by atoms with E-state index in [0.717, 1.165) is 22.1 Å². The Hall–Kier alpha value is -5.93. The predicted molar refractivity (Wildman–Crippen MR) is 182 cm³/mol. The maximum absolute atomic E-state index is 4.90. The molecule has 1 aromatic heterocycles. The van der Waals surface area contributed by atoms with E-state index in [1.54, 1.807) is 0 Å². The van der Waals surface area contributed by atoms with E-state index in [-0.39, 0.29) is 0 Å². The topological polar surface area (TPSA) is 38.7 Å². The summed E-state index contributed by atoms with van der Waals surface area (Å²) in [6.07, 6.45) is 0. The molecular weight excluding hydrogens is 534 g/mol. The Morgan fingerprint density at radius 3 is 1.09 bits per heavy atom. The molecule has 0 N–H and O–H groups in total. The molecule has 0 aliphatic heterocycles. The minimum absolute atomic E-state index is 0.660. The third kappa shape index (κ3) is 5.01. The molecule has 0 radical (unpaired) electrons. The predicted octanol–water partition coefficient (Wildman–Crippen LogP) is 10.5. The van der Waals surface area contributed by atoms with E-state index in [9.17, 15) is 0 Å². The molecule has 0 bridgehead atoms. The van der Waals surface area contributed by atoms with E-state index >= 15 is 0 Å². The summed E-state index contributed by atoms with van der Waals surface area (Å²) in [6, 6.07) is 57.2. The van der Waals surface area contributed by atoms with E-state index < -0.39 is 0 Å². The quantitative estimate of drug-likeness (QED) is 0.210. The number of hydrogen-bond donors (Lipinski definition) is 0. The Kier molecular flexibility index (Phi) is 6.47. The van der Waals surface area contributed by atoms with Crippen LogP contribution in [-0.2, 0) is 0 Å². The van der Waals surface area contributed by atoms with Gasteiger partial charge in [0.2, 0.25) is 0 Å². The molecule has 0 atom stereocenters. The van der Waals surface area contributed by atoms with E-state index in [4.69, 9.17) is 15.0 Å². The zero-order valence-corrected chi connectivity index (χ0v) is 23.9. The van der Waals surface area contributed by atoms with Crippen LogP contribution in [0.2, 0.25) is 0 Å². The van der Waals surface area contributed by atoms with Crippen molar-refractivity contribution in [3.63, 3.8) is 0 Å². The van der Waals surface area contributed by atoms with Gasteiger partial charge < -0.3 is 0 Å². The van der Waals surface area contributed by atoms with E-state index in [1.807, 2.05) is 60.7 Å². The highest BCUT2D eigenvalue weighted by molar-refractivity contribution is 5.91. The van der Waals surface area contributed by atoms with Crippen LogP contribution >= 0.6 is 0 Å². The number of fused-ring (bicyclic) bond motifs is 2. The number of rotatable bonds is 5. The highest BCUT2D eigenvalue weighted by Crippen LogP contribution is 2.31. The van der Waals surface area contributed by atoms with Crippen LogP contribution in [0.1, 0.15) is 0 Å². The van der Waals surface area contributed by atoms with Crippen LogP contribution < -0.4 is 0 Å². The zero-order chi connectivity index (χ0) is 29.3. The van der Waals surface area contributed by atoms with Gasteiger partial charge in [0.1, 0.15) is 0 Å². The minimum Gasteiger partial charge on any atom is -0.208 e. The Morgan fingerprint density at radius 1 is 0.227 bits per heavy atom. The van der Waals surface area contributed by atoms with E-state index in [1.165, 1.54) is 38.4 Å². The summed E-state index contributed by atoms with van der Waals surface area (Å²) in [7, 11) is 0. The molecule has 7 aromatic carbocycles. The lowest BCUT2D eigenvalue weighted by atomic mass is 9.96. The van der Waals surface area contributed by atoms with Crippen LogP contribution in [0.3, 0.4) is 0 Å². The van der Waals surface area contributed by atoms with Crippen LogP contribution in [-0.4, -0.2) is 15.0 Å². The first-order chi connectivity index (χ1) is 21.8. The van der Waals surface area contributed by atoms with Gasteiger partial charge in [-0.3, -0.25) is 0 Å². The van der Waals surface area contributed by atoms with Crippen molar-refractivity contribution >= 4 is 21.5 Å². The minimum atomic E-state index is 0.660. The molecule has 0 fully saturated rings. The SMILES string of the molecule is c1ccc(-c2nc(-c3ccccc3)nc(-c3ccc4cc(-c5ccc(-c6ccc7ccccc7c6)cc5)ccc4c3)n2)cc1. The van der Waals surface area contributed by atoms with Gasteiger partial charge in [-0.1, -0.05) is 146 Å². The molecule has 3 nitrogen and oxygen atoms in total. The van der Waals surface area contributed by atoms with Gasteiger partial charge in [-0.15, -0.1) is 0 Å². The molecule has 0 saturated carbocycles.